The highest BCUT2D eigenvalue weighted by Crippen LogP contribution is 2.25. The average Bonchev–Trinajstić information content (AvgIpc) is 2.57. The van der Waals surface area contributed by atoms with Crippen LogP contribution in [0.5, 0.6) is 0 Å². The first kappa shape index (κ1) is 9.33. The van der Waals surface area contributed by atoms with Crippen LogP contribution < -0.4 is 0 Å². The van der Waals surface area contributed by atoms with Gasteiger partial charge in [0.1, 0.15) is 10.3 Å². The van der Waals surface area contributed by atoms with Crippen molar-refractivity contribution in [3.05, 3.63) is 40.8 Å². The van der Waals surface area contributed by atoms with Gasteiger partial charge in [0.2, 0.25) is 0 Å². The normalized spacial score (nSPS) is 10.5. The molecule has 0 amide bonds. The van der Waals surface area contributed by atoms with E-state index in [9.17, 15) is 8.78 Å². The lowest BCUT2D eigenvalue weighted by molar-refractivity contribution is 0.509. The van der Waals surface area contributed by atoms with Gasteiger partial charge in [-0.3, -0.25) is 0 Å². The lowest BCUT2D eigenvalue weighted by Gasteiger charge is -1.98. The van der Waals surface area contributed by atoms with E-state index in [-0.39, 0.29) is 0 Å². The van der Waals surface area contributed by atoms with Gasteiger partial charge in [-0.05, 0) is 34.1 Å². The standard InChI is InChI=1S/C9H5BrF2N2/c10-9-8(13-4-14-9)5-1-2-6(11)7(12)3-5/h1-4H,(H,13,14). The van der Waals surface area contributed by atoms with Crippen molar-refractivity contribution in [2.24, 2.45) is 0 Å². The maximum Gasteiger partial charge on any atom is 0.159 e. The fourth-order valence-corrected chi connectivity index (χ4v) is 1.56. The van der Waals surface area contributed by atoms with Gasteiger partial charge in [0.15, 0.2) is 11.6 Å². The van der Waals surface area contributed by atoms with Crippen LogP contribution in [-0.2, 0) is 0 Å². The monoisotopic (exact) mass is 258 g/mol. The van der Waals surface area contributed by atoms with E-state index in [4.69, 9.17) is 0 Å². The first-order chi connectivity index (χ1) is 6.68. The van der Waals surface area contributed by atoms with Gasteiger partial charge < -0.3 is 4.98 Å². The molecule has 2 nitrogen and oxygen atoms in total. The maximum atomic E-state index is 12.9. The molecule has 1 heterocycles. The minimum Gasteiger partial charge on any atom is -0.339 e. The van der Waals surface area contributed by atoms with Gasteiger partial charge in [-0.1, -0.05) is 0 Å². The summed E-state index contributed by atoms with van der Waals surface area (Å²) >= 11 is 3.21. The van der Waals surface area contributed by atoms with E-state index in [1.807, 2.05) is 0 Å². The number of hydrogen-bond donors (Lipinski definition) is 1. The number of nitrogens with zero attached hydrogens (tertiary/aromatic N) is 1. The van der Waals surface area contributed by atoms with Crippen LogP contribution in [0.25, 0.3) is 11.3 Å². The fraction of sp³-hybridized carbons (Fsp3) is 0. The van der Waals surface area contributed by atoms with E-state index in [0.29, 0.717) is 15.9 Å². The van der Waals surface area contributed by atoms with Crippen LogP contribution in [0.4, 0.5) is 8.78 Å². The lowest BCUT2D eigenvalue weighted by Crippen LogP contribution is -1.85. The Balaban J connectivity index is 2.53. The quantitative estimate of drug-likeness (QED) is 0.837. The van der Waals surface area contributed by atoms with Gasteiger partial charge in [0, 0.05) is 5.56 Å². The molecule has 0 fully saturated rings. The number of aromatic amines is 1. The second-order valence-electron chi connectivity index (χ2n) is 2.69. The van der Waals surface area contributed by atoms with Crippen LogP contribution in [0, 0.1) is 11.6 Å². The topological polar surface area (TPSA) is 28.7 Å². The van der Waals surface area contributed by atoms with Crippen LogP contribution in [0.2, 0.25) is 0 Å². The summed E-state index contributed by atoms with van der Waals surface area (Å²) in [6.07, 6.45) is 1.47. The Labute approximate surface area is 87.1 Å². The van der Waals surface area contributed by atoms with Crippen LogP contribution in [-0.4, -0.2) is 9.97 Å². The Bertz CT molecular complexity index is 468. The molecule has 0 radical (unpaired) electrons. The molecule has 0 spiro atoms. The molecule has 1 N–H and O–H groups in total. The van der Waals surface area contributed by atoms with Gasteiger partial charge in [-0.25, -0.2) is 13.8 Å². The number of nitrogens with one attached hydrogen (secondary N) is 1. The van der Waals surface area contributed by atoms with Crippen molar-refractivity contribution in [2.45, 2.75) is 0 Å². The van der Waals surface area contributed by atoms with Crippen molar-refractivity contribution in [3.63, 3.8) is 0 Å². The van der Waals surface area contributed by atoms with Crippen molar-refractivity contribution in [1.82, 2.24) is 9.97 Å². The van der Waals surface area contributed by atoms with Crippen LogP contribution in [0.15, 0.2) is 29.1 Å². The highest BCUT2D eigenvalue weighted by atomic mass is 79.9. The van der Waals surface area contributed by atoms with Gasteiger partial charge in [0.25, 0.3) is 0 Å². The Morgan fingerprint density at radius 3 is 2.57 bits per heavy atom. The van der Waals surface area contributed by atoms with Gasteiger partial charge in [0.05, 0.1) is 6.33 Å². The molecule has 0 aliphatic carbocycles. The van der Waals surface area contributed by atoms with E-state index in [1.165, 1.54) is 12.4 Å². The molecule has 5 heteroatoms. The number of hydrogen-bond acceptors (Lipinski definition) is 1. The number of halogens is 3. The molecule has 0 unspecified atom stereocenters. The minimum absolute atomic E-state index is 0.525. The van der Waals surface area contributed by atoms with Crippen molar-refractivity contribution in [3.8, 4) is 11.3 Å². The lowest BCUT2D eigenvalue weighted by atomic mass is 10.1. The van der Waals surface area contributed by atoms with Gasteiger partial charge in [-0.2, -0.15) is 0 Å². The first-order valence-electron chi connectivity index (χ1n) is 3.83. The molecule has 0 aliphatic rings. The van der Waals surface area contributed by atoms with Crippen LogP contribution >= 0.6 is 15.9 Å². The molecule has 2 rings (SSSR count). The van der Waals surface area contributed by atoms with E-state index >= 15 is 0 Å². The summed E-state index contributed by atoms with van der Waals surface area (Å²) in [7, 11) is 0. The van der Waals surface area contributed by atoms with Crippen LogP contribution in [0.1, 0.15) is 0 Å². The zero-order valence-electron chi connectivity index (χ0n) is 6.89. The number of H-pyrrole nitrogens is 1. The number of imidazole rings is 1. The predicted octanol–water partition coefficient (Wildman–Crippen LogP) is 3.12. The van der Waals surface area contributed by atoms with E-state index in [2.05, 4.69) is 25.9 Å². The fourth-order valence-electron chi connectivity index (χ4n) is 1.12. The third-order valence-corrected chi connectivity index (χ3v) is 2.39. The largest absolute Gasteiger partial charge is 0.339 e. The third-order valence-electron chi connectivity index (χ3n) is 1.79. The molecule has 72 valence electrons. The summed E-state index contributed by atoms with van der Waals surface area (Å²) in [5.41, 5.74) is 1.08. The van der Waals surface area contributed by atoms with Crippen LogP contribution in [0.3, 0.4) is 0 Å². The molecule has 0 saturated carbocycles. The molecule has 0 aliphatic heterocycles. The summed E-state index contributed by atoms with van der Waals surface area (Å²) < 4.78 is 26.1. The van der Waals surface area contributed by atoms with Gasteiger partial charge >= 0.3 is 0 Å². The summed E-state index contributed by atoms with van der Waals surface area (Å²) in [6.45, 7) is 0. The van der Waals surface area contributed by atoms with E-state index < -0.39 is 11.6 Å². The molecule has 0 bridgehead atoms. The van der Waals surface area contributed by atoms with Crippen molar-refractivity contribution >= 4 is 15.9 Å². The Morgan fingerprint density at radius 2 is 2.00 bits per heavy atom. The second-order valence-corrected chi connectivity index (χ2v) is 3.49. The molecule has 1 aromatic carbocycles. The number of rotatable bonds is 1. The SMILES string of the molecule is Fc1ccc(-c2nc[nH]c2Br)cc1F. The molecule has 1 aromatic heterocycles. The number of aromatic nitrogens is 2. The summed E-state index contributed by atoms with van der Waals surface area (Å²) in [5.74, 6) is -1.74. The van der Waals surface area contributed by atoms with Crippen molar-refractivity contribution in [2.75, 3.05) is 0 Å². The zero-order valence-corrected chi connectivity index (χ0v) is 8.48. The van der Waals surface area contributed by atoms with E-state index in [0.717, 1.165) is 12.1 Å². The highest BCUT2D eigenvalue weighted by Gasteiger charge is 2.08. The Kier molecular flexibility index (Phi) is 2.33. The third kappa shape index (κ3) is 1.55. The molecule has 14 heavy (non-hydrogen) atoms. The smallest absolute Gasteiger partial charge is 0.159 e. The predicted molar refractivity (Wildman–Crippen MR) is 51.6 cm³/mol. The summed E-state index contributed by atoms with van der Waals surface area (Å²) in [6, 6.07) is 3.65. The van der Waals surface area contributed by atoms with E-state index in [1.54, 1.807) is 0 Å². The van der Waals surface area contributed by atoms with Crippen molar-refractivity contribution in [1.29, 1.82) is 0 Å². The Hall–Kier alpha value is -1.23. The Morgan fingerprint density at radius 1 is 1.21 bits per heavy atom. The molecule has 2 aromatic rings. The van der Waals surface area contributed by atoms with Gasteiger partial charge in [-0.15, -0.1) is 0 Å². The second kappa shape index (κ2) is 3.49. The summed E-state index contributed by atoms with van der Waals surface area (Å²) in [4.78, 5) is 6.76. The zero-order chi connectivity index (χ0) is 10.1. The molecule has 0 saturated heterocycles. The minimum atomic E-state index is -0.877. The average molecular weight is 259 g/mol. The first-order valence-corrected chi connectivity index (χ1v) is 4.62. The molecular weight excluding hydrogens is 254 g/mol. The maximum absolute atomic E-state index is 12.9. The molecule has 0 atom stereocenters. The highest BCUT2D eigenvalue weighted by molar-refractivity contribution is 9.10. The summed E-state index contributed by atoms with van der Waals surface area (Å²) in [5, 5.41) is 0. The molecular formula is C9H5BrF2N2. The van der Waals surface area contributed by atoms with Crippen molar-refractivity contribution < 1.29 is 8.78 Å². The number of benzene rings is 1.